The molecule has 1 aliphatic rings. The van der Waals surface area contributed by atoms with Gasteiger partial charge in [0.15, 0.2) is 6.61 Å². The first kappa shape index (κ1) is 8.09. The van der Waals surface area contributed by atoms with Crippen LogP contribution in [0.3, 0.4) is 0 Å². The number of nitrogens with one attached hydrogen (secondary N) is 1. The molecule has 0 aliphatic carbocycles. The maximum absolute atomic E-state index is 11.0. The van der Waals surface area contributed by atoms with Crippen LogP contribution < -0.4 is 5.32 Å². The average molecular weight is 153 g/mol. The molecule has 0 aromatic carbocycles. The van der Waals surface area contributed by atoms with E-state index >= 15 is 0 Å². The van der Waals surface area contributed by atoms with Crippen molar-refractivity contribution in [3.63, 3.8) is 0 Å². The molecule has 0 spiro atoms. The van der Waals surface area contributed by atoms with Crippen LogP contribution in [0.25, 0.3) is 0 Å². The molecule has 1 heterocycles. The molecular formula is C8H11NO2. The first-order valence-corrected chi connectivity index (χ1v) is 3.68. The summed E-state index contributed by atoms with van der Waals surface area (Å²) >= 11 is 0. The molecule has 3 heteroatoms. The Bertz CT molecular complexity index is 177. The van der Waals surface area contributed by atoms with Crippen molar-refractivity contribution in [2.24, 2.45) is 0 Å². The maximum atomic E-state index is 11.0. The topological polar surface area (TPSA) is 38.3 Å². The largest absolute Gasteiger partial charge is 0.451 e. The minimum absolute atomic E-state index is 0.0804. The Morgan fingerprint density at radius 3 is 3.18 bits per heavy atom. The fourth-order valence-electron chi connectivity index (χ4n) is 1.10. The van der Waals surface area contributed by atoms with Crippen molar-refractivity contribution >= 4 is 5.97 Å². The molecule has 1 atom stereocenters. The Kier molecular flexibility index (Phi) is 2.94. The van der Waals surface area contributed by atoms with E-state index in [4.69, 9.17) is 11.2 Å². The van der Waals surface area contributed by atoms with Crippen LogP contribution in [-0.2, 0) is 9.53 Å². The lowest BCUT2D eigenvalue weighted by Crippen LogP contribution is -2.32. The summed E-state index contributed by atoms with van der Waals surface area (Å²) < 4.78 is 4.74. The molecule has 1 saturated heterocycles. The lowest BCUT2D eigenvalue weighted by molar-refractivity contribution is -0.144. The lowest BCUT2D eigenvalue weighted by atomic mass is 10.2. The smallest absolute Gasteiger partial charge is 0.324 e. The second-order valence-electron chi connectivity index (χ2n) is 2.46. The van der Waals surface area contributed by atoms with E-state index in [0.717, 1.165) is 19.4 Å². The monoisotopic (exact) mass is 153 g/mol. The molecular weight excluding hydrogens is 142 g/mol. The van der Waals surface area contributed by atoms with Crippen LogP contribution in [-0.4, -0.2) is 25.2 Å². The predicted molar refractivity (Wildman–Crippen MR) is 40.8 cm³/mol. The number of hydrogen-bond acceptors (Lipinski definition) is 3. The predicted octanol–water partition coefficient (Wildman–Crippen LogP) is -0.0852. The molecule has 1 N–H and O–H groups in total. The van der Waals surface area contributed by atoms with Crippen LogP contribution >= 0.6 is 0 Å². The molecule has 1 rings (SSSR count). The van der Waals surface area contributed by atoms with Gasteiger partial charge in [0.25, 0.3) is 0 Å². The Labute approximate surface area is 66.1 Å². The van der Waals surface area contributed by atoms with E-state index in [1.807, 2.05) is 0 Å². The van der Waals surface area contributed by atoms with Crippen LogP contribution in [0.4, 0.5) is 0 Å². The summed E-state index contributed by atoms with van der Waals surface area (Å²) in [6.07, 6.45) is 6.83. The van der Waals surface area contributed by atoms with Gasteiger partial charge in [0.1, 0.15) is 6.04 Å². The SMILES string of the molecule is C#CCOC(=O)[C@@H]1CCCN1. The van der Waals surface area contributed by atoms with Crippen LogP contribution in [0.5, 0.6) is 0 Å². The van der Waals surface area contributed by atoms with Gasteiger partial charge in [-0.15, -0.1) is 6.42 Å². The maximum Gasteiger partial charge on any atom is 0.324 e. The van der Waals surface area contributed by atoms with Crippen molar-refractivity contribution in [2.75, 3.05) is 13.2 Å². The molecule has 0 bridgehead atoms. The van der Waals surface area contributed by atoms with Gasteiger partial charge in [-0.05, 0) is 19.4 Å². The minimum atomic E-state index is -0.222. The Morgan fingerprint density at radius 1 is 1.82 bits per heavy atom. The third kappa shape index (κ3) is 2.24. The van der Waals surface area contributed by atoms with Crippen molar-refractivity contribution < 1.29 is 9.53 Å². The second-order valence-corrected chi connectivity index (χ2v) is 2.46. The number of hydrogen-bond donors (Lipinski definition) is 1. The average Bonchev–Trinajstić information content (AvgIpc) is 2.52. The number of rotatable bonds is 2. The molecule has 3 nitrogen and oxygen atoms in total. The quantitative estimate of drug-likeness (QED) is 0.445. The molecule has 0 unspecified atom stereocenters. The van der Waals surface area contributed by atoms with E-state index in [-0.39, 0.29) is 18.6 Å². The second kappa shape index (κ2) is 3.99. The summed E-state index contributed by atoms with van der Waals surface area (Å²) in [5.41, 5.74) is 0. The van der Waals surface area contributed by atoms with Gasteiger partial charge < -0.3 is 10.1 Å². The number of ether oxygens (including phenoxy) is 1. The number of carbonyl (C=O) groups is 1. The van der Waals surface area contributed by atoms with Gasteiger partial charge in [-0.25, -0.2) is 0 Å². The highest BCUT2D eigenvalue weighted by molar-refractivity contribution is 5.76. The standard InChI is InChI=1S/C8H11NO2/c1-2-6-11-8(10)7-4-3-5-9-7/h1,7,9H,3-6H2/t7-/m0/s1. The first-order valence-electron chi connectivity index (χ1n) is 3.68. The van der Waals surface area contributed by atoms with Crippen LogP contribution in [0, 0.1) is 12.3 Å². The van der Waals surface area contributed by atoms with Gasteiger partial charge in [-0.3, -0.25) is 4.79 Å². The van der Waals surface area contributed by atoms with Crippen LogP contribution in [0.1, 0.15) is 12.8 Å². The first-order chi connectivity index (χ1) is 5.34. The summed E-state index contributed by atoms with van der Waals surface area (Å²) in [5.74, 6) is 2.03. The third-order valence-electron chi connectivity index (χ3n) is 1.64. The highest BCUT2D eigenvalue weighted by Gasteiger charge is 2.22. The van der Waals surface area contributed by atoms with Crippen molar-refractivity contribution in [1.82, 2.24) is 5.32 Å². The fourth-order valence-corrected chi connectivity index (χ4v) is 1.10. The molecule has 0 saturated carbocycles. The van der Waals surface area contributed by atoms with Gasteiger partial charge in [0.2, 0.25) is 0 Å². The van der Waals surface area contributed by atoms with E-state index in [0.29, 0.717) is 0 Å². The zero-order valence-corrected chi connectivity index (χ0v) is 6.30. The Hall–Kier alpha value is -1.01. The van der Waals surface area contributed by atoms with E-state index in [1.54, 1.807) is 0 Å². The summed E-state index contributed by atoms with van der Waals surface area (Å²) in [7, 11) is 0. The van der Waals surface area contributed by atoms with Crippen molar-refractivity contribution in [2.45, 2.75) is 18.9 Å². The lowest BCUT2D eigenvalue weighted by Gasteiger charge is -2.07. The Morgan fingerprint density at radius 2 is 2.64 bits per heavy atom. The minimum Gasteiger partial charge on any atom is -0.451 e. The van der Waals surface area contributed by atoms with E-state index < -0.39 is 0 Å². The summed E-state index contributed by atoms with van der Waals surface area (Å²) in [5, 5.41) is 3.02. The number of carbonyl (C=O) groups excluding carboxylic acids is 1. The number of terminal acetylenes is 1. The molecule has 60 valence electrons. The highest BCUT2D eigenvalue weighted by atomic mass is 16.5. The summed E-state index contributed by atoms with van der Waals surface area (Å²) in [6, 6.07) is -0.122. The zero-order valence-electron chi connectivity index (χ0n) is 6.30. The molecule has 1 aliphatic heterocycles. The van der Waals surface area contributed by atoms with Gasteiger partial charge in [-0.2, -0.15) is 0 Å². The van der Waals surface area contributed by atoms with Crippen molar-refractivity contribution in [1.29, 1.82) is 0 Å². The zero-order chi connectivity index (χ0) is 8.10. The molecule has 0 aromatic rings. The summed E-state index contributed by atoms with van der Waals surface area (Å²) in [4.78, 5) is 11.0. The fraction of sp³-hybridized carbons (Fsp3) is 0.625. The van der Waals surface area contributed by atoms with Gasteiger partial charge in [0.05, 0.1) is 0 Å². The van der Waals surface area contributed by atoms with Crippen molar-refractivity contribution in [3.8, 4) is 12.3 Å². The van der Waals surface area contributed by atoms with E-state index in [1.165, 1.54) is 0 Å². The molecule has 1 fully saturated rings. The summed E-state index contributed by atoms with van der Waals surface area (Å²) in [6.45, 7) is 0.979. The van der Waals surface area contributed by atoms with Crippen LogP contribution in [0.15, 0.2) is 0 Å². The van der Waals surface area contributed by atoms with Crippen molar-refractivity contribution in [3.05, 3.63) is 0 Å². The van der Waals surface area contributed by atoms with E-state index in [9.17, 15) is 4.79 Å². The molecule has 0 aromatic heterocycles. The van der Waals surface area contributed by atoms with Crippen LogP contribution in [0.2, 0.25) is 0 Å². The highest BCUT2D eigenvalue weighted by Crippen LogP contribution is 2.05. The van der Waals surface area contributed by atoms with Gasteiger partial charge in [0, 0.05) is 0 Å². The van der Waals surface area contributed by atoms with Gasteiger partial charge in [-0.1, -0.05) is 5.92 Å². The molecule has 0 amide bonds. The third-order valence-corrected chi connectivity index (χ3v) is 1.64. The van der Waals surface area contributed by atoms with E-state index in [2.05, 4.69) is 11.2 Å². The Balaban J connectivity index is 2.24. The van der Waals surface area contributed by atoms with Gasteiger partial charge >= 0.3 is 5.97 Å². The molecule has 0 radical (unpaired) electrons. The normalized spacial score (nSPS) is 22.6. The molecule has 11 heavy (non-hydrogen) atoms. The number of esters is 1.